The zero-order chi connectivity index (χ0) is 15.5. The summed E-state index contributed by atoms with van der Waals surface area (Å²) in [4.78, 5) is 11.6. The fourth-order valence-corrected chi connectivity index (χ4v) is 3.00. The van der Waals surface area contributed by atoms with Crippen molar-refractivity contribution in [1.82, 2.24) is 10.0 Å². The molecule has 1 aliphatic carbocycles. The van der Waals surface area contributed by atoms with E-state index >= 15 is 0 Å². The number of carbonyl (C=O) groups excluding carboxylic acids is 1. The maximum atomic E-state index is 12.1. The minimum atomic E-state index is -3.58. The zero-order valence-electron chi connectivity index (χ0n) is 12.0. The third kappa shape index (κ3) is 4.52. The molecule has 1 aliphatic rings. The van der Waals surface area contributed by atoms with E-state index in [1.54, 1.807) is 25.1 Å². The lowest BCUT2D eigenvalue weighted by Crippen LogP contribution is -2.35. The van der Waals surface area contributed by atoms with E-state index in [1.807, 2.05) is 0 Å². The second-order valence-electron chi connectivity index (χ2n) is 5.32. The molecule has 0 aliphatic heterocycles. The van der Waals surface area contributed by atoms with Crippen molar-refractivity contribution < 1.29 is 13.2 Å². The van der Waals surface area contributed by atoms with Gasteiger partial charge in [0.05, 0.1) is 4.90 Å². The van der Waals surface area contributed by atoms with Gasteiger partial charge in [-0.15, -0.1) is 0 Å². The third-order valence-electron chi connectivity index (χ3n) is 3.36. The predicted octanol–water partition coefficient (Wildman–Crippen LogP) is 0.511. The second kappa shape index (κ2) is 6.55. The van der Waals surface area contributed by atoms with E-state index in [0.29, 0.717) is 6.54 Å². The lowest BCUT2D eigenvalue weighted by molar-refractivity contribution is -0.122. The average Bonchev–Trinajstić information content (AvgIpc) is 3.28. The third-order valence-corrected chi connectivity index (χ3v) is 4.82. The van der Waals surface area contributed by atoms with Crippen LogP contribution < -0.4 is 15.8 Å². The number of sulfonamides is 1. The van der Waals surface area contributed by atoms with Gasteiger partial charge < -0.3 is 11.1 Å². The predicted molar refractivity (Wildman–Crippen MR) is 80.0 cm³/mol. The highest BCUT2D eigenvalue weighted by molar-refractivity contribution is 7.89. The number of nitrogens with one attached hydrogen (secondary N) is 2. The van der Waals surface area contributed by atoms with E-state index in [9.17, 15) is 13.2 Å². The normalized spacial score (nSPS) is 16.5. The van der Waals surface area contributed by atoms with Gasteiger partial charge in [-0.2, -0.15) is 0 Å². The van der Waals surface area contributed by atoms with Crippen LogP contribution in [0, 0.1) is 5.92 Å². The highest BCUT2D eigenvalue weighted by Crippen LogP contribution is 2.28. The molecule has 2 rings (SSSR count). The minimum absolute atomic E-state index is 0.00755. The standard InChI is InChI=1S/C14H21N3O3S/c1-10(15)12-3-2-4-13(9-12)21(19,20)17-8-7-16-14(18)11-5-6-11/h2-4,9-11,17H,5-8,15H2,1H3,(H,16,18). The molecule has 4 N–H and O–H groups in total. The molecule has 1 atom stereocenters. The average molecular weight is 311 g/mol. The van der Waals surface area contributed by atoms with Crippen LogP contribution in [0.5, 0.6) is 0 Å². The molecule has 1 aromatic carbocycles. The van der Waals surface area contributed by atoms with Crippen molar-refractivity contribution in [2.75, 3.05) is 13.1 Å². The Morgan fingerprint density at radius 3 is 2.71 bits per heavy atom. The molecule has 1 amide bonds. The van der Waals surface area contributed by atoms with Gasteiger partial charge in [0.1, 0.15) is 0 Å². The summed E-state index contributed by atoms with van der Waals surface area (Å²) in [6, 6.07) is 6.33. The number of benzene rings is 1. The van der Waals surface area contributed by atoms with Gasteiger partial charge in [-0.25, -0.2) is 13.1 Å². The fraction of sp³-hybridized carbons (Fsp3) is 0.500. The Labute approximate surface area is 125 Å². The Hall–Kier alpha value is -1.44. The van der Waals surface area contributed by atoms with Crippen molar-refractivity contribution in [3.05, 3.63) is 29.8 Å². The summed E-state index contributed by atoms with van der Waals surface area (Å²) in [5.41, 5.74) is 6.52. The van der Waals surface area contributed by atoms with Crippen LogP contribution in [0.15, 0.2) is 29.2 Å². The van der Waals surface area contributed by atoms with Crippen LogP contribution >= 0.6 is 0 Å². The summed E-state index contributed by atoms with van der Waals surface area (Å²) >= 11 is 0. The van der Waals surface area contributed by atoms with E-state index in [-0.39, 0.29) is 29.3 Å². The van der Waals surface area contributed by atoms with E-state index in [0.717, 1.165) is 18.4 Å². The molecule has 0 spiro atoms. The van der Waals surface area contributed by atoms with Crippen LogP contribution in [0.4, 0.5) is 0 Å². The Morgan fingerprint density at radius 2 is 2.10 bits per heavy atom. The van der Waals surface area contributed by atoms with E-state index < -0.39 is 10.0 Å². The highest BCUT2D eigenvalue weighted by Gasteiger charge is 2.29. The first kappa shape index (κ1) is 15.9. The molecule has 7 heteroatoms. The molecule has 1 fully saturated rings. The largest absolute Gasteiger partial charge is 0.355 e. The zero-order valence-corrected chi connectivity index (χ0v) is 12.8. The molecule has 0 bridgehead atoms. The van der Waals surface area contributed by atoms with Crippen LogP contribution in [-0.2, 0) is 14.8 Å². The summed E-state index contributed by atoms with van der Waals surface area (Å²) in [6.07, 6.45) is 1.86. The number of rotatable bonds is 7. The van der Waals surface area contributed by atoms with Crippen molar-refractivity contribution in [2.24, 2.45) is 11.7 Å². The fourth-order valence-electron chi connectivity index (χ4n) is 1.91. The molecule has 0 aromatic heterocycles. The lowest BCUT2D eigenvalue weighted by atomic mass is 10.1. The van der Waals surface area contributed by atoms with E-state index in [2.05, 4.69) is 10.0 Å². The smallest absolute Gasteiger partial charge is 0.240 e. The summed E-state index contributed by atoms with van der Waals surface area (Å²) in [6.45, 7) is 2.26. The maximum Gasteiger partial charge on any atom is 0.240 e. The Balaban J connectivity index is 1.88. The minimum Gasteiger partial charge on any atom is -0.355 e. The molecule has 6 nitrogen and oxygen atoms in total. The summed E-state index contributed by atoms with van der Waals surface area (Å²) in [5, 5.41) is 2.71. The van der Waals surface area contributed by atoms with Gasteiger partial charge in [0.2, 0.25) is 15.9 Å². The molecule has 116 valence electrons. The molecule has 0 saturated heterocycles. The van der Waals surface area contributed by atoms with Crippen LogP contribution in [-0.4, -0.2) is 27.4 Å². The van der Waals surface area contributed by atoms with Gasteiger partial charge in [-0.1, -0.05) is 12.1 Å². The molecule has 1 aromatic rings. The maximum absolute atomic E-state index is 12.1. The monoisotopic (exact) mass is 311 g/mol. The molecule has 1 unspecified atom stereocenters. The Bertz CT molecular complexity index is 610. The summed E-state index contributed by atoms with van der Waals surface area (Å²) < 4.78 is 26.7. The van der Waals surface area contributed by atoms with Crippen LogP contribution in [0.3, 0.4) is 0 Å². The van der Waals surface area contributed by atoms with Gasteiger partial charge in [0, 0.05) is 25.0 Å². The number of carbonyl (C=O) groups is 1. The number of hydrogen-bond donors (Lipinski definition) is 3. The van der Waals surface area contributed by atoms with Crippen molar-refractivity contribution >= 4 is 15.9 Å². The molecular formula is C14H21N3O3S. The van der Waals surface area contributed by atoms with Crippen LogP contribution in [0.1, 0.15) is 31.4 Å². The van der Waals surface area contributed by atoms with Crippen LogP contribution in [0.2, 0.25) is 0 Å². The van der Waals surface area contributed by atoms with Crippen molar-refractivity contribution in [1.29, 1.82) is 0 Å². The molecule has 21 heavy (non-hydrogen) atoms. The van der Waals surface area contributed by atoms with Gasteiger partial charge in [0.15, 0.2) is 0 Å². The van der Waals surface area contributed by atoms with Crippen molar-refractivity contribution in [2.45, 2.75) is 30.7 Å². The van der Waals surface area contributed by atoms with Gasteiger partial charge in [-0.3, -0.25) is 4.79 Å². The Morgan fingerprint density at radius 1 is 1.38 bits per heavy atom. The second-order valence-corrected chi connectivity index (χ2v) is 7.09. The molecule has 0 radical (unpaired) electrons. The van der Waals surface area contributed by atoms with E-state index in [1.165, 1.54) is 6.07 Å². The number of amides is 1. The Kier molecular flexibility index (Phi) is 4.97. The quantitative estimate of drug-likeness (QED) is 0.639. The SMILES string of the molecule is CC(N)c1cccc(S(=O)(=O)NCCNC(=O)C2CC2)c1. The topological polar surface area (TPSA) is 101 Å². The van der Waals surface area contributed by atoms with E-state index in [4.69, 9.17) is 5.73 Å². The number of nitrogens with two attached hydrogens (primary N) is 1. The van der Waals surface area contributed by atoms with Gasteiger partial charge in [0.25, 0.3) is 0 Å². The first-order valence-corrected chi connectivity index (χ1v) is 8.51. The lowest BCUT2D eigenvalue weighted by Gasteiger charge is -2.10. The molecular weight excluding hydrogens is 290 g/mol. The van der Waals surface area contributed by atoms with Crippen LogP contribution in [0.25, 0.3) is 0 Å². The van der Waals surface area contributed by atoms with Crippen molar-refractivity contribution in [3.63, 3.8) is 0 Å². The number of hydrogen-bond acceptors (Lipinski definition) is 4. The summed E-state index contributed by atoms with van der Waals surface area (Å²) in [5.74, 6) is 0.137. The molecule has 0 heterocycles. The van der Waals surface area contributed by atoms with Crippen molar-refractivity contribution in [3.8, 4) is 0 Å². The van der Waals surface area contributed by atoms with Gasteiger partial charge >= 0.3 is 0 Å². The first-order chi connectivity index (χ1) is 9.90. The van der Waals surface area contributed by atoms with Gasteiger partial charge in [-0.05, 0) is 37.5 Å². The highest BCUT2D eigenvalue weighted by atomic mass is 32.2. The molecule has 1 saturated carbocycles. The summed E-state index contributed by atoms with van der Waals surface area (Å²) in [7, 11) is -3.58. The first-order valence-electron chi connectivity index (χ1n) is 7.03.